The Kier molecular flexibility index (Phi) is 3.14. The fraction of sp³-hybridized carbons (Fsp3) is 0.500. The molecule has 0 bridgehead atoms. The van der Waals surface area contributed by atoms with Crippen LogP contribution in [0, 0.1) is 0 Å². The predicted octanol–water partition coefficient (Wildman–Crippen LogP) is -3.01. The Labute approximate surface area is 111 Å². The molecule has 4 unspecified atom stereocenters. The van der Waals surface area contributed by atoms with Gasteiger partial charge in [-0.15, -0.1) is 4.73 Å². The molecule has 108 valence electrons. The maximum absolute atomic E-state index is 11.5. The van der Waals surface area contributed by atoms with Gasteiger partial charge in [0.2, 0.25) is 5.65 Å². The summed E-state index contributed by atoms with van der Waals surface area (Å²) in [6, 6.07) is 0. The summed E-state index contributed by atoms with van der Waals surface area (Å²) >= 11 is 0. The van der Waals surface area contributed by atoms with Gasteiger partial charge in [-0.2, -0.15) is 0 Å². The molecular weight excluding hydrogens is 272 g/mol. The van der Waals surface area contributed by atoms with E-state index >= 15 is 0 Å². The number of fused-ring (bicyclic) bond motifs is 1. The van der Waals surface area contributed by atoms with E-state index in [4.69, 9.17) is 14.7 Å². The standard InChI is InChI=1S/C10H12N4O6/c15-1-4-6(16)7(17)10(19-4)20-14-3-13-5-8(14)11-2-12-9(5)18/h2-4,6-7,10,15-17H,1H2,(H,11,12,18). The van der Waals surface area contributed by atoms with Gasteiger partial charge in [-0.1, -0.05) is 0 Å². The third-order valence-electron chi connectivity index (χ3n) is 3.03. The van der Waals surface area contributed by atoms with Crippen LogP contribution in [0.25, 0.3) is 11.2 Å². The van der Waals surface area contributed by atoms with Crippen molar-refractivity contribution in [1.29, 1.82) is 0 Å². The number of hydrogen-bond donors (Lipinski definition) is 4. The minimum Gasteiger partial charge on any atom is -0.394 e. The lowest BCUT2D eigenvalue weighted by molar-refractivity contribution is -0.169. The second kappa shape index (κ2) is 4.83. The Morgan fingerprint density at radius 1 is 1.40 bits per heavy atom. The Hall–Kier alpha value is -2.01. The minimum absolute atomic E-state index is 0.0687. The van der Waals surface area contributed by atoms with Crippen LogP contribution in [0.1, 0.15) is 0 Å². The molecule has 4 N–H and O–H groups in total. The largest absolute Gasteiger partial charge is 0.394 e. The molecule has 4 atom stereocenters. The topological polar surface area (TPSA) is 143 Å². The van der Waals surface area contributed by atoms with Gasteiger partial charge in [-0.05, 0) is 0 Å². The van der Waals surface area contributed by atoms with Gasteiger partial charge in [-0.3, -0.25) is 4.79 Å². The number of hydrogen-bond acceptors (Lipinski definition) is 8. The molecule has 1 saturated heterocycles. The van der Waals surface area contributed by atoms with Crippen LogP contribution < -0.4 is 10.4 Å². The van der Waals surface area contributed by atoms with Gasteiger partial charge in [0.25, 0.3) is 11.8 Å². The Bertz CT molecular complexity index is 669. The fourth-order valence-corrected chi connectivity index (χ4v) is 1.97. The molecule has 3 rings (SSSR count). The van der Waals surface area contributed by atoms with E-state index in [2.05, 4.69) is 15.0 Å². The normalized spacial score (nSPS) is 29.9. The molecule has 0 aliphatic carbocycles. The van der Waals surface area contributed by atoms with Crippen LogP contribution in [0.2, 0.25) is 0 Å². The number of H-pyrrole nitrogens is 1. The number of aliphatic hydroxyl groups excluding tert-OH is 3. The van der Waals surface area contributed by atoms with Crippen LogP contribution in [-0.4, -0.2) is 66.2 Å². The van der Waals surface area contributed by atoms with Gasteiger partial charge in [0, 0.05) is 0 Å². The van der Waals surface area contributed by atoms with E-state index in [1.807, 2.05) is 0 Å². The summed E-state index contributed by atoms with van der Waals surface area (Å²) in [6.45, 7) is -0.458. The first-order valence-electron chi connectivity index (χ1n) is 5.82. The van der Waals surface area contributed by atoms with Gasteiger partial charge in [0.1, 0.15) is 24.6 Å². The van der Waals surface area contributed by atoms with Crippen molar-refractivity contribution in [2.45, 2.75) is 24.6 Å². The summed E-state index contributed by atoms with van der Waals surface area (Å²) in [7, 11) is 0. The van der Waals surface area contributed by atoms with Gasteiger partial charge < -0.3 is 29.9 Å². The zero-order valence-electron chi connectivity index (χ0n) is 10.1. The van der Waals surface area contributed by atoms with Crippen molar-refractivity contribution < 1.29 is 24.9 Å². The Balaban J connectivity index is 1.87. The number of aromatic nitrogens is 4. The smallest absolute Gasteiger partial charge is 0.279 e. The molecular formula is C10H12N4O6. The highest BCUT2D eigenvalue weighted by molar-refractivity contribution is 5.68. The van der Waals surface area contributed by atoms with Crippen molar-refractivity contribution in [3.63, 3.8) is 0 Å². The molecule has 0 radical (unpaired) electrons. The lowest BCUT2D eigenvalue weighted by atomic mass is 10.1. The molecule has 0 amide bonds. The maximum atomic E-state index is 11.5. The molecule has 0 spiro atoms. The van der Waals surface area contributed by atoms with Crippen molar-refractivity contribution in [2.75, 3.05) is 6.61 Å². The average molecular weight is 284 g/mol. The van der Waals surface area contributed by atoms with Crippen molar-refractivity contribution in [2.24, 2.45) is 0 Å². The van der Waals surface area contributed by atoms with E-state index in [1.54, 1.807) is 0 Å². The number of imidazole rings is 1. The van der Waals surface area contributed by atoms with E-state index in [9.17, 15) is 15.0 Å². The summed E-state index contributed by atoms with van der Waals surface area (Å²) in [6.07, 6.45) is -2.38. The van der Waals surface area contributed by atoms with Crippen molar-refractivity contribution in [1.82, 2.24) is 19.7 Å². The van der Waals surface area contributed by atoms with Crippen LogP contribution >= 0.6 is 0 Å². The van der Waals surface area contributed by atoms with Gasteiger partial charge in [0.05, 0.1) is 12.9 Å². The number of aromatic amines is 1. The van der Waals surface area contributed by atoms with Crippen molar-refractivity contribution in [3.05, 3.63) is 23.0 Å². The highest BCUT2D eigenvalue weighted by atomic mass is 16.8. The predicted molar refractivity (Wildman–Crippen MR) is 62.5 cm³/mol. The molecule has 0 saturated carbocycles. The molecule has 10 nitrogen and oxygen atoms in total. The van der Waals surface area contributed by atoms with Crippen molar-refractivity contribution in [3.8, 4) is 0 Å². The lowest BCUT2D eigenvalue weighted by Gasteiger charge is -2.16. The fourth-order valence-electron chi connectivity index (χ4n) is 1.97. The van der Waals surface area contributed by atoms with E-state index < -0.39 is 36.8 Å². The van der Waals surface area contributed by atoms with E-state index in [0.29, 0.717) is 0 Å². The summed E-state index contributed by atoms with van der Waals surface area (Å²) < 4.78 is 6.21. The first-order chi connectivity index (χ1) is 9.61. The molecule has 1 aliphatic heterocycles. The monoisotopic (exact) mass is 284 g/mol. The zero-order chi connectivity index (χ0) is 14.3. The molecule has 2 aromatic heterocycles. The minimum atomic E-state index is -1.34. The van der Waals surface area contributed by atoms with Crippen LogP contribution in [0.4, 0.5) is 0 Å². The number of aliphatic hydroxyl groups is 3. The summed E-state index contributed by atoms with van der Waals surface area (Å²) in [4.78, 5) is 26.8. The second-order valence-corrected chi connectivity index (χ2v) is 4.29. The number of nitrogens with zero attached hydrogens (tertiary/aromatic N) is 3. The number of ether oxygens (including phenoxy) is 1. The zero-order valence-corrected chi connectivity index (χ0v) is 10.1. The van der Waals surface area contributed by atoms with Crippen LogP contribution in [0.5, 0.6) is 0 Å². The summed E-state index contributed by atoms with van der Waals surface area (Å²) in [5, 5.41) is 28.3. The highest BCUT2D eigenvalue weighted by Gasteiger charge is 2.44. The lowest BCUT2D eigenvalue weighted by Crippen LogP contribution is -2.38. The SMILES string of the molecule is O=c1[nH]cnc2c1ncn2OC1OC(CO)C(O)C1O. The first-order valence-corrected chi connectivity index (χ1v) is 5.82. The molecule has 20 heavy (non-hydrogen) atoms. The third kappa shape index (κ3) is 1.94. The summed E-state index contributed by atoms with van der Waals surface area (Å²) in [5.41, 5.74) is -0.218. The second-order valence-electron chi connectivity index (χ2n) is 4.29. The maximum Gasteiger partial charge on any atom is 0.279 e. The first kappa shape index (κ1) is 13.0. The number of rotatable bonds is 3. The Morgan fingerprint density at radius 3 is 2.90 bits per heavy atom. The van der Waals surface area contributed by atoms with Crippen LogP contribution in [0.3, 0.4) is 0 Å². The van der Waals surface area contributed by atoms with Gasteiger partial charge >= 0.3 is 0 Å². The molecule has 2 aromatic rings. The quantitative estimate of drug-likeness (QED) is 0.466. The van der Waals surface area contributed by atoms with E-state index in [-0.39, 0.29) is 11.2 Å². The molecule has 0 aromatic carbocycles. The highest BCUT2D eigenvalue weighted by Crippen LogP contribution is 2.20. The number of nitrogens with one attached hydrogen (secondary N) is 1. The van der Waals surface area contributed by atoms with Gasteiger partial charge in [0.15, 0.2) is 5.52 Å². The molecule has 3 heterocycles. The third-order valence-corrected chi connectivity index (χ3v) is 3.03. The molecule has 10 heteroatoms. The molecule has 1 aliphatic rings. The van der Waals surface area contributed by atoms with Crippen LogP contribution in [-0.2, 0) is 4.74 Å². The van der Waals surface area contributed by atoms with Crippen molar-refractivity contribution >= 4 is 11.2 Å². The Morgan fingerprint density at radius 2 is 2.20 bits per heavy atom. The average Bonchev–Trinajstić information content (AvgIpc) is 2.97. The summed E-state index contributed by atoms with van der Waals surface area (Å²) in [5.74, 6) is 0. The molecule has 1 fully saturated rings. The van der Waals surface area contributed by atoms with Crippen LogP contribution in [0.15, 0.2) is 17.4 Å². The van der Waals surface area contributed by atoms with E-state index in [1.165, 1.54) is 12.7 Å². The van der Waals surface area contributed by atoms with E-state index in [0.717, 1.165) is 4.73 Å². The van der Waals surface area contributed by atoms with Gasteiger partial charge in [-0.25, -0.2) is 9.97 Å².